The van der Waals surface area contributed by atoms with Crippen LogP contribution in [0.5, 0.6) is 0 Å². The summed E-state index contributed by atoms with van der Waals surface area (Å²) in [7, 11) is 3.99. The third-order valence-corrected chi connectivity index (χ3v) is 3.98. The number of hydrogen-bond donors (Lipinski definition) is 3. The summed E-state index contributed by atoms with van der Waals surface area (Å²) >= 11 is 0. The third-order valence-electron chi connectivity index (χ3n) is 3.98. The van der Waals surface area contributed by atoms with Gasteiger partial charge in [-0.15, -0.1) is 0 Å². The lowest BCUT2D eigenvalue weighted by atomic mass is 9.86. The molecule has 1 aliphatic carbocycles. The maximum Gasteiger partial charge on any atom is 0.490 e. The second kappa shape index (κ2) is 9.56. The minimum Gasteiger partial charge on any atom is -0.475 e. The van der Waals surface area contributed by atoms with Crippen LogP contribution in [0.4, 0.5) is 24.9 Å². The number of nitrogens with zero attached hydrogens (tertiary/aromatic N) is 3. The summed E-state index contributed by atoms with van der Waals surface area (Å²) in [6.07, 6.45) is -0.380. The topological polar surface area (TPSA) is 104 Å². The first-order valence-corrected chi connectivity index (χ1v) is 8.31. The summed E-state index contributed by atoms with van der Waals surface area (Å²) in [4.78, 5) is 19.8. The van der Waals surface area contributed by atoms with E-state index in [1.165, 1.54) is 12.8 Å². The highest BCUT2D eigenvalue weighted by atomic mass is 19.4. The van der Waals surface area contributed by atoms with Crippen LogP contribution in [0.3, 0.4) is 0 Å². The molecule has 1 fully saturated rings. The van der Waals surface area contributed by atoms with Gasteiger partial charge >= 0.3 is 12.1 Å². The van der Waals surface area contributed by atoms with Crippen LogP contribution >= 0.6 is 0 Å². The van der Waals surface area contributed by atoms with E-state index in [4.69, 9.17) is 15.6 Å². The van der Waals surface area contributed by atoms with E-state index in [9.17, 15) is 13.2 Å². The van der Waals surface area contributed by atoms with Gasteiger partial charge in [0, 0.05) is 38.4 Å². The SMILES string of the molecule is Cc1cc(N(C)C)nc(NCC2CCC(N)CC2)n1.O=C(O)C(F)(F)F. The average molecular weight is 377 g/mol. The second-order valence-electron chi connectivity index (χ2n) is 6.55. The van der Waals surface area contributed by atoms with Gasteiger partial charge in [0.1, 0.15) is 5.82 Å². The Morgan fingerprint density at radius 3 is 2.31 bits per heavy atom. The minimum atomic E-state index is -5.08. The maximum atomic E-state index is 10.6. The molecule has 7 nitrogen and oxygen atoms in total. The molecule has 0 aliphatic heterocycles. The number of rotatable bonds is 4. The fourth-order valence-corrected chi connectivity index (χ4v) is 2.49. The summed E-state index contributed by atoms with van der Waals surface area (Å²) < 4.78 is 31.7. The number of aliphatic carboxylic acids is 1. The van der Waals surface area contributed by atoms with Crippen LogP contribution in [0.2, 0.25) is 0 Å². The van der Waals surface area contributed by atoms with Gasteiger partial charge in [-0.1, -0.05) is 0 Å². The van der Waals surface area contributed by atoms with Crippen LogP contribution in [-0.2, 0) is 4.79 Å². The number of carboxylic acid groups (broad SMARTS) is 1. The predicted octanol–water partition coefficient (Wildman–Crippen LogP) is 2.41. The van der Waals surface area contributed by atoms with Crippen molar-refractivity contribution in [2.75, 3.05) is 30.9 Å². The number of carbonyl (C=O) groups is 1. The highest BCUT2D eigenvalue weighted by molar-refractivity contribution is 5.73. The number of aromatic nitrogens is 2. The molecule has 1 aromatic rings. The third kappa shape index (κ3) is 7.85. The van der Waals surface area contributed by atoms with E-state index in [1.807, 2.05) is 32.0 Å². The number of hydrogen-bond acceptors (Lipinski definition) is 6. The Morgan fingerprint density at radius 1 is 1.31 bits per heavy atom. The molecule has 0 radical (unpaired) electrons. The molecule has 0 atom stereocenters. The van der Waals surface area contributed by atoms with E-state index in [0.717, 1.165) is 36.8 Å². The highest BCUT2D eigenvalue weighted by Crippen LogP contribution is 2.23. The van der Waals surface area contributed by atoms with E-state index in [1.54, 1.807) is 0 Å². The van der Waals surface area contributed by atoms with Crippen LogP contribution in [-0.4, -0.2) is 53.9 Å². The largest absolute Gasteiger partial charge is 0.490 e. The standard InChI is InChI=1S/C14H25N5.C2HF3O2/c1-10-8-13(19(2)3)18-14(17-10)16-9-11-4-6-12(15)7-5-11;3-2(4,5)1(6)7/h8,11-12H,4-7,9,15H2,1-3H3,(H,16,17,18);(H,6,7). The molecular formula is C16H26F3N5O2. The van der Waals surface area contributed by atoms with Gasteiger partial charge in [-0.3, -0.25) is 0 Å². The molecule has 1 heterocycles. The van der Waals surface area contributed by atoms with Crippen LogP contribution in [0.25, 0.3) is 0 Å². The molecule has 0 aromatic carbocycles. The summed E-state index contributed by atoms with van der Waals surface area (Å²) in [5.74, 6) is -0.376. The molecule has 0 spiro atoms. The van der Waals surface area contributed by atoms with Crippen LogP contribution in [0.15, 0.2) is 6.07 Å². The van der Waals surface area contributed by atoms with Crippen molar-refractivity contribution in [2.24, 2.45) is 11.7 Å². The van der Waals surface area contributed by atoms with Crippen LogP contribution in [0.1, 0.15) is 31.4 Å². The van der Waals surface area contributed by atoms with Crippen molar-refractivity contribution in [3.63, 3.8) is 0 Å². The fraction of sp³-hybridized carbons (Fsp3) is 0.688. The van der Waals surface area contributed by atoms with Crippen molar-refractivity contribution in [3.05, 3.63) is 11.8 Å². The Bertz CT molecular complexity index is 588. The van der Waals surface area contributed by atoms with Crippen LogP contribution < -0.4 is 16.0 Å². The lowest BCUT2D eigenvalue weighted by Gasteiger charge is -2.26. The van der Waals surface area contributed by atoms with Crippen molar-refractivity contribution < 1.29 is 23.1 Å². The second-order valence-corrected chi connectivity index (χ2v) is 6.55. The molecule has 1 aliphatic rings. The molecule has 0 bridgehead atoms. The number of aryl methyl sites for hydroxylation is 1. The Hall–Kier alpha value is -2.10. The Labute approximate surface area is 150 Å². The number of nitrogens with one attached hydrogen (secondary N) is 1. The first-order valence-electron chi connectivity index (χ1n) is 8.31. The van der Waals surface area contributed by atoms with E-state index >= 15 is 0 Å². The molecule has 1 aromatic heterocycles. The predicted molar refractivity (Wildman–Crippen MR) is 93.2 cm³/mol. The molecule has 4 N–H and O–H groups in total. The Morgan fingerprint density at radius 2 is 1.85 bits per heavy atom. The van der Waals surface area contributed by atoms with Gasteiger partial charge in [-0.25, -0.2) is 9.78 Å². The van der Waals surface area contributed by atoms with E-state index < -0.39 is 12.1 Å². The summed E-state index contributed by atoms with van der Waals surface area (Å²) in [6, 6.07) is 2.40. The van der Waals surface area contributed by atoms with Crippen molar-refractivity contribution in [1.82, 2.24) is 9.97 Å². The van der Waals surface area contributed by atoms with E-state index in [-0.39, 0.29) is 0 Å². The van der Waals surface area contributed by atoms with Gasteiger partial charge < -0.3 is 21.1 Å². The Kier molecular flexibility index (Phi) is 8.07. The highest BCUT2D eigenvalue weighted by Gasteiger charge is 2.38. The molecule has 1 saturated carbocycles. The number of nitrogens with two attached hydrogens (primary N) is 1. The van der Waals surface area contributed by atoms with Crippen LogP contribution in [0, 0.1) is 12.8 Å². The molecule has 0 amide bonds. The van der Waals surface area contributed by atoms with Gasteiger partial charge in [0.25, 0.3) is 0 Å². The normalized spacial score (nSPS) is 20.0. The first-order chi connectivity index (χ1) is 12.0. The summed E-state index contributed by atoms with van der Waals surface area (Å²) in [5, 5.41) is 10.5. The van der Waals surface area contributed by atoms with Crippen molar-refractivity contribution >= 4 is 17.7 Å². The number of carboxylic acids is 1. The molecule has 0 saturated heterocycles. The average Bonchev–Trinajstić information content (AvgIpc) is 2.53. The maximum absolute atomic E-state index is 10.6. The fourth-order valence-electron chi connectivity index (χ4n) is 2.49. The number of alkyl halides is 3. The lowest BCUT2D eigenvalue weighted by molar-refractivity contribution is -0.192. The number of halogens is 3. The van der Waals surface area contributed by atoms with Gasteiger partial charge in [0.15, 0.2) is 0 Å². The smallest absolute Gasteiger partial charge is 0.475 e. The van der Waals surface area contributed by atoms with E-state index in [2.05, 4.69) is 15.3 Å². The molecule has 10 heteroatoms. The van der Waals surface area contributed by atoms with Gasteiger partial charge in [-0.05, 0) is 38.5 Å². The van der Waals surface area contributed by atoms with Gasteiger partial charge in [-0.2, -0.15) is 18.2 Å². The zero-order chi connectivity index (χ0) is 19.9. The zero-order valence-electron chi connectivity index (χ0n) is 15.2. The molecule has 148 valence electrons. The molecule has 2 rings (SSSR count). The number of anilines is 2. The van der Waals surface area contributed by atoms with Crippen molar-refractivity contribution in [1.29, 1.82) is 0 Å². The van der Waals surface area contributed by atoms with Crippen molar-refractivity contribution in [3.8, 4) is 0 Å². The van der Waals surface area contributed by atoms with Gasteiger partial charge in [0.05, 0.1) is 0 Å². The van der Waals surface area contributed by atoms with E-state index in [0.29, 0.717) is 12.0 Å². The lowest BCUT2D eigenvalue weighted by Crippen LogP contribution is -2.29. The quantitative estimate of drug-likeness (QED) is 0.740. The summed E-state index contributed by atoms with van der Waals surface area (Å²) in [6.45, 7) is 2.95. The molecular weight excluding hydrogens is 351 g/mol. The molecule has 0 unspecified atom stereocenters. The van der Waals surface area contributed by atoms with Gasteiger partial charge in [0.2, 0.25) is 5.95 Å². The Balaban J connectivity index is 0.000000412. The molecule has 26 heavy (non-hydrogen) atoms. The summed E-state index contributed by atoms with van der Waals surface area (Å²) in [5.41, 5.74) is 6.92. The monoisotopic (exact) mass is 377 g/mol. The zero-order valence-corrected chi connectivity index (χ0v) is 15.2. The minimum absolute atomic E-state index is 0.409. The first kappa shape index (κ1) is 21.9. The van der Waals surface area contributed by atoms with Crippen molar-refractivity contribution in [2.45, 2.75) is 44.8 Å².